The number of carboxylic acids is 2. The standard InChI is InChI=1S/2C7H6O3.2H3N/c2*8-6-4-2-1-3-5(6)7(9)10;;/h2*1-4,8H,(H,9,10);2*1H3. The molecule has 0 radical (unpaired) electrons. The van der Waals surface area contributed by atoms with Crippen molar-refractivity contribution in [1.29, 1.82) is 0 Å². The van der Waals surface area contributed by atoms with Gasteiger partial charge in [-0.05, 0) is 24.3 Å². The van der Waals surface area contributed by atoms with Gasteiger partial charge in [-0.25, -0.2) is 9.59 Å². The van der Waals surface area contributed by atoms with Crippen molar-refractivity contribution < 1.29 is 30.0 Å². The van der Waals surface area contributed by atoms with Crippen LogP contribution in [0.15, 0.2) is 48.5 Å². The lowest BCUT2D eigenvalue weighted by Gasteiger charge is -1.95. The summed E-state index contributed by atoms with van der Waals surface area (Å²) in [5.74, 6) is -2.62. The first-order chi connectivity index (χ1) is 9.43. The Morgan fingerprint density at radius 3 is 1.09 bits per heavy atom. The molecule has 0 spiro atoms. The Morgan fingerprint density at radius 2 is 0.909 bits per heavy atom. The van der Waals surface area contributed by atoms with Crippen molar-refractivity contribution in [1.82, 2.24) is 12.3 Å². The van der Waals surface area contributed by atoms with Gasteiger partial charge in [0.25, 0.3) is 0 Å². The molecule has 0 heterocycles. The number of hydrogen-bond donors (Lipinski definition) is 6. The molecule has 0 saturated carbocycles. The summed E-state index contributed by atoms with van der Waals surface area (Å²) >= 11 is 0. The number of rotatable bonds is 2. The van der Waals surface area contributed by atoms with Gasteiger partial charge in [-0.3, -0.25) is 0 Å². The molecule has 0 aliphatic heterocycles. The summed E-state index contributed by atoms with van der Waals surface area (Å²) in [5, 5.41) is 34.6. The minimum absolute atomic E-state index is 0. The van der Waals surface area contributed by atoms with Gasteiger partial charge in [-0.2, -0.15) is 0 Å². The largest absolute Gasteiger partial charge is 0.507 e. The first-order valence-corrected chi connectivity index (χ1v) is 5.46. The summed E-state index contributed by atoms with van der Waals surface area (Å²) in [6, 6.07) is 11.6. The van der Waals surface area contributed by atoms with Gasteiger partial charge in [0, 0.05) is 0 Å². The summed E-state index contributed by atoms with van der Waals surface area (Å²) in [6.45, 7) is 0. The highest BCUT2D eigenvalue weighted by Gasteiger charge is 2.06. The number of para-hydroxylation sites is 2. The summed E-state index contributed by atoms with van der Waals surface area (Å²) in [7, 11) is 0. The van der Waals surface area contributed by atoms with Gasteiger partial charge in [0.05, 0.1) is 0 Å². The van der Waals surface area contributed by atoms with E-state index in [9.17, 15) is 9.59 Å². The second-order valence-electron chi connectivity index (χ2n) is 3.64. The summed E-state index contributed by atoms with van der Waals surface area (Å²) in [6.07, 6.45) is 0. The molecule has 120 valence electrons. The second kappa shape index (κ2) is 9.75. The van der Waals surface area contributed by atoms with Crippen LogP contribution >= 0.6 is 0 Å². The molecule has 0 aliphatic rings. The summed E-state index contributed by atoms with van der Waals surface area (Å²) in [4.78, 5) is 20.5. The third-order valence-electron chi connectivity index (χ3n) is 2.27. The first kappa shape index (κ1) is 21.2. The smallest absolute Gasteiger partial charge is 0.339 e. The molecule has 2 aromatic rings. The number of benzene rings is 2. The molecule has 0 amide bonds. The van der Waals surface area contributed by atoms with Gasteiger partial charge in [-0.15, -0.1) is 0 Å². The van der Waals surface area contributed by atoms with E-state index < -0.39 is 11.9 Å². The van der Waals surface area contributed by atoms with Gasteiger partial charge in [-0.1, -0.05) is 24.3 Å². The Bertz CT molecular complexity index is 575. The number of carboxylic acid groups (broad SMARTS) is 2. The molecule has 0 aliphatic carbocycles. The Balaban J connectivity index is 0. The van der Waals surface area contributed by atoms with Crippen molar-refractivity contribution in [2.45, 2.75) is 0 Å². The SMILES string of the molecule is N.N.O=C(O)c1ccccc1O.O=C(O)c1ccccc1O. The van der Waals surface area contributed by atoms with E-state index in [0.717, 1.165) is 0 Å². The van der Waals surface area contributed by atoms with Gasteiger partial charge < -0.3 is 32.7 Å². The van der Waals surface area contributed by atoms with Crippen LogP contribution in [0, 0.1) is 0 Å². The minimum Gasteiger partial charge on any atom is -0.507 e. The fourth-order valence-electron chi connectivity index (χ4n) is 1.31. The number of phenols is 2. The molecule has 0 fully saturated rings. The molecule has 0 atom stereocenters. The van der Waals surface area contributed by atoms with E-state index in [1.807, 2.05) is 0 Å². The highest BCUT2D eigenvalue weighted by molar-refractivity contribution is 5.91. The van der Waals surface area contributed by atoms with Gasteiger partial charge in [0.1, 0.15) is 22.6 Å². The molecule has 2 aromatic carbocycles. The first-order valence-electron chi connectivity index (χ1n) is 5.46. The third-order valence-corrected chi connectivity index (χ3v) is 2.27. The van der Waals surface area contributed by atoms with Crippen LogP contribution in [-0.4, -0.2) is 32.4 Å². The van der Waals surface area contributed by atoms with E-state index in [1.165, 1.54) is 24.3 Å². The van der Waals surface area contributed by atoms with Gasteiger partial charge in [0.2, 0.25) is 0 Å². The van der Waals surface area contributed by atoms with Crippen LogP contribution < -0.4 is 12.3 Å². The van der Waals surface area contributed by atoms with E-state index in [2.05, 4.69) is 0 Å². The van der Waals surface area contributed by atoms with E-state index in [1.54, 1.807) is 24.3 Å². The van der Waals surface area contributed by atoms with Crippen molar-refractivity contribution in [2.24, 2.45) is 0 Å². The number of hydrogen-bond acceptors (Lipinski definition) is 6. The minimum atomic E-state index is -1.11. The fourth-order valence-corrected chi connectivity index (χ4v) is 1.31. The molecule has 0 unspecified atom stereocenters. The van der Waals surface area contributed by atoms with Crippen LogP contribution in [0.2, 0.25) is 0 Å². The molecular formula is C14H18N2O6. The van der Waals surface area contributed by atoms with Crippen LogP contribution in [0.3, 0.4) is 0 Å². The van der Waals surface area contributed by atoms with Crippen LogP contribution in [0.5, 0.6) is 11.5 Å². The zero-order valence-corrected chi connectivity index (χ0v) is 11.6. The molecule has 8 nitrogen and oxygen atoms in total. The Labute approximate surface area is 126 Å². The lowest BCUT2D eigenvalue weighted by atomic mass is 10.2. The molecule has 0 bridgehead atoms. The molecule has 8 heteroatoms. The lowest BCUT2D eigenvalue weighted by Crippen LogP contribution is -1.95. The van der Waals surface area contributed by atoms with E-state index in [-0.39, 0.29) is 34.9 Å². The Kier molecular flexibility index (Phi) is 9.40. The van der Waals surface area contributed by atoms with Gasteiger partial charge >= 0.3 is 11.9 Å². The van der Waals surface area contributed by atoms with E-state index in [4.69, 9.17) is 20.4 Å². The van der Waals surface area contributed by atoms with Crippen LogP contribution in [0.4, 0.5) is 0 Å². The second-order valence-corrected chi connectivity index (χ2v) is 3.64. The molecule has 0 saturated heterocycles. The van der Waals surface area contributed by atoms with Gasteiger partial charge in [0.15, 0.2) is 0 Å². The molecule has 10 N–H and O–H groups in total. The fraction of sp³-hybridized carbons (Fsp3) is 0. The van der Waals surface area contributed by atoms with Crippen LogP contribution in [0.25, 0.3) is 0 Å². The Hall–Kier alpha value is -3.10. The Morgan fingerprint density at radius 1 is 0.636 bits per heavy atom. The van der Waals surface area contributed by atoms with E-state index >= 15 is 0 Å². The predicted octanol–water partition coefficient (Wildman–Crippen LogP) is 2.50. The maximum absolute atomic E-state index is 10.3. The maximum Gasteiger partial charge on any atom is 0.339 e. The van der Waals surface area contributed by atoms with Crippen molar-refractivity contribution in [3.63, 3.8) is 0 Å². The van der Waals surface area contributed by atoms with Crippen LogP contribution in [0.1, 0.15) is 20.7 Å². The zero-order chi connectivity index (χ0) is 15.1. The lowest BCUT2D eigenvalue weighted by molar-refractivity contribution is 0.0682. The average Bonchev–Trinajstić information content (AvgIpc) is 2.40. The highest BCUT2D eigenvalue weighted by Crippen LogP contribution is 2.15. The topological polar surface area (TPSA) is 185 Å². The molecule has 2 rings (SSSR count). The number of aromatic hydroxyl groups is 2. The zero-order valence-electron chi connectivity index (χ0n) is 11.6. The summed E-state index contributed by atoms with van der Waals surface area (Å²) < 4.78 is 0. The highest BCUT2D eigenvalue weighted by atomic mass is 16.4. The summed E-state index contributed by atoms with van der Waals surface area (Å²) in [5.41, 5.74) is -0.134. The van der Waals surface area contributed by atoms with Crippen molar-refractivity contribution in [3.05, 3.63) is 59.7 Å². The maximum atomic E-state index is 10.3. The normalized spacial score (nSPS) is 8.36. The predicted molar refractivity (Wildman–Crippen MR) is 80.2 cm³/mol. The molecule has 0 aromatic heterocycles. The van der Waals surface area contributed by atoms with Crippen LogP contribution in [-0.2, 0) is 0 Å². The van der Waals surface area contributed by atoms with Crippen molar-refractivity contribution in [2.75, 3.05) is 0 Å². The molecule has 22 heavy (non-hydrogen) atoms. The van der Waals surface area contributed by atoms with Crippen molar-refractivity contribution in [3.8, 4) is 11.5 Å². The number of carbonyl (C=O) groups is 2. The molecular weight excluding hydrogens is 292 g/mol. The van der Waals surface area contributed by atoms with E-state index in [0.29, 0.717) is 0 Å². The quantitative estimate of drug-likeness (QED) is 0.488. The average molecular weight is 310 g/mol. The third kappa shape index (κ3) is 5.90. The van der Waals surface area contributed by atoms with Crippen molar-refractivity contribution >= 4 is 11.9 Å². The number of aromatic carboxylic acids is 2. The monoisotopic (exact) mass is 310 g/mol.